The van der Waals surface area contributed by atoms with Crippen molar-refractivity contribution in [1.29, 1.82) is 0 Å². The molecule has 0 aliphatic carbocycles. The summed E-state index contributed by atoms with van der Waals surface area (Å²) in [5.74, 6) is 0.758. The third-order valence-electron chi connectivity index (χ3n) is 2.89. The number of hydrogen-bond acceptors (Lipinski definition) is 2. The van der Waals surface area contributed by atoms with Crippen molar-refractivity contribution in [3.8, 4) is 5.75 Å². The molecule has 0 unspecified atom stereocenters. The van der Waals surface area contributed by atoms with Gasteiger partial charge in [0, 0.05) is 12.1 Å². The number of rotatable bonds is 4. The van der Waals surface area contributed by atoms with Crippen molar-refractivity contribution < 1.29 is 9.53 Å². The van der Waals surface area contributed by atoms with Crippen LogP contribution in [0.3, 0.4) is 0 Å². The van der Waals surface area contributed by atoms with Gasteiger partial charge in [-0.3, -0.25) is 4.79 Å². The van der Waals surface area contributed by atoms with Crippen molar-refractivity contribution in [1.82, 2.24) is 5.32 Å². The molecule has 0 atom stereocenters. The van der Waals surface area contributed by atoms with Crippen LogP contribution in [0.4, 0.5) is 0 Å². The Bertz CT molecular complexity index is 567. The maximum Gasteiger partial charge on any atom is 0.251 e. The number of amides is 1. The normalized spacial score (nSPS) is 9.95. The van der Waals surface area contributed by atoms with Crippen molar-refractivity contribution in [2.75, 3.05) is 7.11 Å². The molecule has 0 fully saturated rings. The Labute approximate surface area is 114 Å². The molecule has 3 nitrogen and oxygen atoms in total. The molecule has 0 heterocycles. The number of hydrogen-bond donors (Lipinski definition) is 1. The molecule has 0 bridgehead atoms. The van der Waals surface area contributed by atoms with Crippen LogP contribution in [0, 0.1) is 0 Å². The van der Waals surface area contributed by atoms with Crippen LogP contribution in [0.5, 0.6) is 5.75 Å². The van der Waals surface area contributed by atoms with Crippen LogP contribution in [0.2, 0.25) is 0 Å². The minimum Gasteiger partial charge on any atom is -0.497 e. The summed E-state index contributed by atoms with van der Waals surface area (Å²) in [5.41, 5.74) is 2.81. The highest BCUT2D eigenvalue weighted by Gasteiger charge is 2.04. The van der Waals surface area contributed by atoms with Gasteiger partial charge in [-0.25, -0.2) is 0 Å². The summed E-state index contributed by atoms with van der Waals surface area (Å²) in [6.07, 6.45) is 0. The Balaban J connectivity index is 1.96. The van der Waals surface area contributed by atoms with Gasteiger partial charge in [-0.05, 0) is 23.8 Å². The monoisotopic (exact) mass is 253 g/mol. The molecule has 0 saturated heterocycles. The first-order valence-electron chi connectivity index (χ1n) is 6.17. The van der Waals surface area contributed by atoms with Gasteiger partial charge in [0.25, 0.3) is 5.91 Å². The third-order valence-corrected chi connectivity index (χ3v) is 2.89. The van der Waals surface area contributed by atoms with Crippen molar-refractivity contribution in [3.05, 3.63) is 59.7 Å². The number of methoxy groups -OCH3 is 1. The molecular weight excluding hydrogens is 237 g/mol. The van der Waals surface area contributed by atoms with Crippen LogP contribution >= 0.6 is 0 Å². The average Bonchev–Trinajstić information content (AvgIpc) is 2.45. The lowest BCUT2D eigenvalue weighted by atomic mass is 9.94. The van der Waals surface area contributed by atoms with Gasteiger partial charge in [0.1, 0.15) is 13.6 Å². The van der Waals surface area contributed by atoms with Gasteiger partial charge in [-0.15, -0.1) is 0 Å². The first kappa shape index (κ1) is 13.2. The lowest BCUT2D eigenvalue weighted by molar-refractivity contribution is 0.0951. The second kappa shape index (κ2) is 6.09. The lowest BCUT2D eigenvalue weighted by Gasteiger charge is -2.07. The van der Waals surface area contributed by atoms with E-state index in [2.05, 4.69) is 5.32 Å². The molecule has 0 radical (unpaired) electrons. The Kier molecular flexibility index (Phi) is 4.24. The predicted octanol–water partition coefficient (Wildman–Crippen LogP) is 0.884. The fraction of sp³-hybridized carbons (Fsp3) is 0.133. The highest BCUT2D eigenvalue weighted by molar-refractivity contribution is 6.32. The van der Waals surface area contributed by atoms with E-state index in [4.69, 9.17) is 4.74 Å². The highest BCUT2D eigenvalue weighted by atomic mass is 16.5. The Morgan fingerprint density at radius 3 is 2.58 bits per heavy atom. The van der Waals surface area contributed by atoms with E-state index in [9.17, 15) is 4.79 Å². The lowest BCUT2D eigenvalue weighted by Crippen LogP contribution is -2.23. The van der Waals surface area contributed by atoms with E-state index in [0.29, 0.717) is 12.1 Å². The molecular formula is C15H16BNO2. The molecule has 0 aromatic heterocycles. The molecule has 4 heteroatoms. The average molecular weight is 253 g/mol. The van der Waals surface area contributed by atoms with Gasteiger partial charge in [0.05, 0.1) is 7.11 Å². The molecule has 2 aromatic rings. The van der Waals surface area contributed by atoms with Crippen molar-refractivity contribution in [2.45, 2.75) is 6.54 Å². The molecule has 0 spiro atoms. The van der Waals surface area contributed by atoms with E-state index < -0.39 is 0 Å². The van der Waals surface area contributed by atoms with E-state index >= 15 is 0 Å². The first-order chi connectivity index (χ1) is 9.19. The van der Waals surface area contributed by atoms with Crippen molar-refractivity contribution in [2.24, 2.45) is 0 Å². The molecule has 96 valence electrons. The van der Waals surface area contributed by atoms with Crippen LogP contribution in [-0.4, -0.2) is 20.9 Å². The molecule has 1 N–H and O–H groups in total. The van der Waals surface area contributed by atoms with Crippen LogP contribution < -0.4 is 15.5 Å². The van der Waals surface area contributed by atoms with Crippen LogP contribution in [0.15, 0.2) is 48.5 Å². The number of carbonyl (C=O) groups excluding carboxylic acids is 1. The summed E-state index contributed by atoms with van der Waals surface area (Å²) in [4.78, 5) is 12.0. The second-order valence-corrected chi connectivity index (χ2v) is 4.40. The largest absolute Gasteiger partial charge is 0.497 e. The first-order valence-corrected chi connectivity index (χ1v) is 6.17. The summed E-state index contributed by atoms with van der Waals surface area (Å²) >= 11 is 0. The van der Waals surface area contributed by atoms with Gasteiger partial charge in [-0.2, -0.15) is 0 Å². The second-order valence-electron chi connectivity index (χ2n) is 4.40. The smallest absolute Gasteiger partial charge is 0.251 e. The Morgan fingerprint density at radius 1 is 1.21 bits per heavy atom. The van der Waals surface area contributed by atoms with Crippen molar-refractivity contribution in [3.63, 3.8) is 0 Å². The zero-order valence-electron chi connectivity index (χ0n) is 11.1. The predicted molar refractivity (Wildman–Crippen MR) is 78.8 cm³/mol. The fourth-order valence-corrected chi connectivity index (χ4v) is 1.81. The highest BCUT2D eigenvalue weighted by Crippen LogP contribution is 2.11. The molecule has 19 heavy (non-hydrogen) atoms. The summed E-state index contributed by atoms with van der Waals surface area (Å²) in [5, 5.41) is 2.90. The summed E-state index contributed by atoms with van der Waals surface area (Å²) < 4.78 is 5.09. The van der Waals surface area contributed by atoms with Gasteiger partial charge < -0.3 is 10.1 Å². The SMILES string of the molecule is Bc1cccc(C(=O)NCc2ccc(OC)cc2)c1. The Morgan fingerprint density at radius 2 is 1.95 bits per heavy atom. The minimum atomic E-state index is -0.0560. The molecule has 0 saturated carbocycles. The number of carbonyl (C=O) groups is 1. The summed E-state index contributed by atoms with van der Waals surface area (Å²) in [6, 6.07) is 15.2. The van der Waals surface area contributed by atoms with Gasteiger partial charge >= 0.3 is 0 Å². The molecule has 0 aliphatic rings. The molecule has 1 amide bonds. The quantitative estimate of drug-likeness (QED) is 0.821. The van der Waals surface area contributed by atoms with E-state index in [1.807, 2.05) is 56.4 Å². The van der Waals surface area contributed by atoms with Crippen LogP contribution in [0.1, 0.15) is 15.9 Å². The summed E-state index contributed by atoms with van der Waals surface area (Å²) in [7, 11) is 3.61. The zero-order valence-corrected chi connectivity index (χ0v) is 11.1. The number of ether oxygens (including phenoxy) is 1. The number of benzene rings is 2. The minimum absolute atomic E-state index is 0.0560. The summed E-state index contributed by atoms with van der Waals surface area (Å²) in [6.45, 7) is 0.511. The van der Waals surface area contributed by atoms with Gasteiger partial charge in [-0.1, -0.05) is 35.8 Å². The van der Waals surface area contributed by atoms with Gasteiger partial charge in [0.15, 0.2) is 0 Å². The standard InChI is InChI=1S/C15H16BNO2/c1-19-14-7-5-11(6-8-14)10-17-15(18)12-3-2-4-13(16)9-12/h2-9H,10,16H2,1H3,(H,17,18). The third kappa shape index (κ3) is 3.62. The van der Waals surface area contributed by atoms with E-state index in [-0.39, 0.29) is 5.91 Å². The van der Waals surface area contributed by atoms with Crippen molar-refractivity contribution >= 4 is 19.2 Å². The van der Waals surface area contributed by atoms with Gasteiger partial charge in [0.2, 0.25) is 0 Å². The van der Waals surface area contributed by atoms with E-state index in [0.717, 1.165) is 16.8 Å². The van der Waals surface area contributed by atoms with E-state index in [1.54, 1.807) is 7.11 Å². The zero-order chi connectivity index (χ0) is 13.7. The maximum atomic E-state index is 12.0. The topological polar surface area (TPSA) is 38.3 Å². The van der Waals surface area contributed by atoms with Crippen LogP contribution in [-0.2, 0) is 6.54 Å². The van der Waals surface area contributed by atoms with Crippen LogP contribution in [0.25, 0.3) is 0 Å². The molecule has 2 aromatic carbocycles. The number of nitrogens with one attached hydrogen (secondary N) is 1. The Hall–Kier alpha value is -2.23. The molecule has 0 aliphatic heterocycles. The van der Waals surface area contributed by atoms with E-state index in [1.165, 1.54) is 0 Å². The molecule has 2 rings (SSSR count). The fourth-order valence-electron chi connectivity index (χ4n) is 1.81. The maximum absolute atomic E-state index is 12.0.